The van der Waals surface area contributed by atoms with Gasteiger partial charge in [0.1, 0.15) is 23.1 Å². The van der Waals surface area contributed by atoms with Gasteiger partial charge in [0.2, 0.25) is 0 Å². The molecule has 0 aliphatic carbocycles. The third kappa shape index (κ3) is 2.56. The zero-order valence-corrected chi connectivity index (χ0v) is 13.6. The first kappa shape index (κ1) is 14.5. The Hall–Kier alpha value is -1.44. The Bertz CT molecular complexity index is 828. The largest absolute Gasteiger partial charge is 0.338 e. The molecule has 5 nitrogen and oxygen atoms in total. The fourth-order valence-electron chi connectivity index (χ4n) is 1.82. The minimum atomic E-state index is -0.437. The number of anilines is 2. The molecule has 0 saturated carbocycles. The standard InChI is InChI=1S/C12H7BrCl2FN5/c1-5-10(15)20-12-17-4-18-21(12)11(5)19-9-7(13)2-6(16)3-8(9)14/h2-4,19H,1H3. The zero-order valence-electron chi connectivity index (χ0n) is 10.5. The molecule has 1 aromatic carbocycles. The van der Waals surface area contributed by atoms with Crippen molar-refractivity contribution in [3.05, 3.63) is 44.5 Å². The molecule has 0 spiro atoms. The minimum absolute atomic E-state index is 0.225. The number of rotatable bonds is 2. The number of nitrogens with one attached hydrogen (secondary N) is 1. The smallest absolute Gasteiger partial charge is 0.255 e. The Morgan fingerprint density at radius 1 is 1.33 bits per heavy atom. The van der Waals surface area contributed by atoms with Gasteiger partial charge in [-0.3, -0.25) is 0 Å². The van der Waals surface area contributed by atoms with Gasteiger partial charge in [0.05, 0.1) is 10.7 Å². The van der Waals surface area contributed by atoms with E-state index in [9.17, 15) is 4.39 Å². The van der Waals surface area contributed by atoms with Crippen LogP contribution in [0.2, 0.25) is 10.2 Å². The van der Waals surface area contributed by atoms with Crippen molar-refractivity contribution in [1.82, 2.24) is 19.6 Å². The number of nitrogens with zero attached hydrogens (tertiary/aromatic N) is 4. The zero-order chi connectivity index (χ0) is 15.1. The molecule has 0 fully saturated rings. The second-order valence-electron chi connectivity index (χ2n) is 4.22. The van der Waals surface area contributed by atoms with Crippen LogP contribution in [0, 0.1) is 12.7 Å². The van der Waals surface area contributed by atoms with Crippen molar-refractivity contribution in [2.24, 2.45) is 0 Å². The lowest BCUT2D eigenvalue weighted by Gasteiger charge is -2.14. The van der Waals surface area contributed by atoms with E-state index in [1.54, 1.807) is 6.92 Å². The van der Waals surface area contributed by atoms with Crippen molar-refractivity contribution in [3.8, 4) is 0 Å². The van der Waals surface area contributed by atoms with Gasteiger partial charge in [0.25, 0.3) is 5.78 Å². The van der Waals surface area contributed by atoms with Crippen molar-refractivity contribution < 1.29 is 4.39 Å². The Morgan fingerprint density at radius 2 is 2.10 bits per heavy atom. The highest BCUT2D eigenvalue weighted by molar-refractivity contribution is 9.10. The fourth-order valence-corrected chi connectivity index (χ4v) is 2.89. The molecule has 0 atom stereocenters. The van der Waals surface area contributed by atoms with Crippen LogP contribution in [0.4, 0.5) is 15.9 Å². The summed E-state index contributed by atoms with van der Waals surface area (Å²) in [5.74, 6) is 0.465. The molecule has 108 valence electrons. The molecule has 0 aliphatic heterocycles. The summed E-state index contributed by atoms with van der Waals surface area (Å²) in [4.78, 5) is 8.10. The van der Waals surface area contributed by atoms with E-state index in [1.807, 2.05) is 0 Å². The van der Waals surface area contributed by atoms with Crippen LogP contribution in [0.1, 0.15) is 5.56 Å². The molecular formula is C12H7BrCl2FN5. The number of fused-ring (bicyclic) bond motifs is 1. The molecule has 0 saturated heterocycles. The summed E-state index contributed by atoms with van der Waals surface area (Å²) in [6.07, 6.45) is 1.37. The SMILES string of the molecule is Cc1c(Cl)nc2ncnn2c1Nc1c(Cl)cc(F)cc1Br. The van der Waals surface area contributed by atoms with E-state index in [4.69, 9.17) is 23.2 Å². The third-order valence-electron chi connectivity index (χ3n) is 2.85. The van der Waals surface area contributed by atoms with E-state index in [2.05, 4.69) is 36.3 Å². The lowest BCUT2D eigenvalue weighted by atomic mass is 10.3. The summed E-state index contributed by atoms with van der Waals surface area (Å²) >= 11 is 15.4. The molecule has 3 aromatic rings. The molecular weight excluding hydrogens is 384 g/mol. The van der Waals surface area contributed by atoms with E-state index in [-0.39, 0.29) is 5.02 Å². The molecule has 0 radical (unpaired) electrons. The highest BCUT2D eigenvalue weighted by atomic mass is 79.9. The van der Waals surface area contributed by atoms with Gasteiger partial charge in [0, 0.05) is 10.0 Å². The van der Waals surface area contributed by atoms with E-state index in [0.29, 0.717) is 32.5 Å². The van der Waals surface area contributed by atoms with Crippen molar-refractivity contribution in [1.29, 1.82) is 0 Å². The van der Waals surface area contributed by atoms with Gasteiger partial charge in [0.15, 0.2) is 0 Å². The average molecular weight is 391 g/mol. The molecule has 1 N–H and O–H groups in total. The van der Waals surface area contributed by atoms with Gasteiger partial charge in [-0.2, -0.15) is 19.6 Å². The Balaban J connectivity index is 2.19. The van der Waals surface area contributed by atoms with Crippen molar-refractivity contribution in [3.63, 3.8) is 0 Å². The first-order valence-corrected chi connectivity index (χ1v) is 7.29. The lowest BCUT2D eigenvalue weighted by molar-refractivity contribution is 0.627. The van der Waals surface area contributed by atoms with Crippen molar-refractivity contribution in [2.45, 2.75) is 6.92 Å². The average Bonchev–Trinajstić information content (AvgIpc) is 2.85. The number of aromatic nitrogens is 4. The maximum atomic E-state index is 13.3. The maximum Gasteiger partial charge on any atom is 0.255 e. The monoisotopic (exact) mass is 389 g/mol. The minimum Gasteiger partial charge on any atom is -0.338 e. The molecule has 21 heavy (non-hydrogen) atoms. The van der Waals surface area contributed by atoms with E-state index in [0.717, 1.165) is 0 Å². The molecule has 0 unspecified atom stereocenters. The number of halogens is 4. The van der Waals surface area contributed by atoms with Crippen LogP contribution in [0.15, 0.2) is 22.9 Å². The van der Waals surface area contributed by atoms with Gasteiger partial charge < -0.3 is 5.32 Å². The Kier molecular flexibility index (Phi) is 3.73. The second-order valence-corrected chi connectivity index (χ2v) is 5.84. The third-order valence-corrected chi connectivity index (χ3v) is 4.15. The van der Waals surface area contributed by atoms with Crippen LogP contribution in [0.5, 0.6) is 0 Å². The van der Waals surface area contributed by atoms with Crippen LogP contribution in [-0.4, -0.2) is 19.6 Å². The molecule has 2 aromatic heterocycles. The Labute approximate surface area is 137 Å². The number of benzene rings is 1. The Morgan fingerprint density at radius 3 is 2.81 bits per heavy atom. The molecule has 0 amide bonds. The van der Waals surface area contributed by atoms with Gasteiger partial charge in [-0.1, -0.05) is 23.2 Å². The van der Waals surface area contributed by atoms with Gasteiger partial charge in [-0.15, -0.1) is 0 Å². The normalized spacial score (nSPS) is 11.1. The summed E-state index contributed by atoms with van der Waals surface area (Å²) < 4.78 is 15.3. The molecule has 2 heterocycles. The van der Waals surface area contributed by atoms with Crippen LogP contribution in [0.3, 0.4) is 0 Å². The molecule has 0 aliphatic rings. The van der Waals surface area contributed by atoms with E-state index < -0.39 is 5.82 Å². The van der Waals surface area contributed by atoms with Crippen molar-refractivity contribution >= 4 is 56.4 Å². The van der Waals surface area contributed by atoms with Crippen LogP contribution in [0.25, 0.3) is 5.78 Å². The van der Waals surface area contributed by atoms with Gasteiger partial charge in [-0.25, -0.2) is 4.39 Å². The second kappa shape index (κ2) is 5.40. The summed E-state index contributed by atoms with van der Waals surface area (Å²) in [6, 6.07) is 2.52. The van der Waals surface area contributed by atoms with Gasteiger partial charge >= 0.3 is 0 Å². The van der Waals surface area contributed by atoms with E-state index in [1.165, 1.54) is 23.0 Å². The van der Waals surface area contributed by atoms with E-state index >= 15 is 0 Å². The maximum absolute atomic E-state index is 13.3. The first-order valence-electron chi connectivity index (χ1n) is 5.75. The predicted molar refractivity (Wildman–Crippen MR) is 82.9 cm³/mol. The summed E-state index contributed by atoms with van der Waals surface area (Å²) in [5, 5.41) is 7.70. The van der Waals surface area contributed by atoms with Crippen LogP contribution < -0.4 is 5.32 Å². The first-order chi connectivity index (χ1) is 9.97. The lowest BCUT2D eigenvalue weighted by Crippen LogP contribution is -2.06. The predicted octanol–water partition coefficient (Wildman–Crippen LogP) is 4.38. The number of hydrogen-bond donors (Lipinski definition) is 1. The highest BCUT2D eigenvalue weighted by Gasteiger charge is 2.15. The fraction of sp³-hybridized carbons (Fsp3) is 0.0833. The van der Waals surface area contributed by atoms with Crippen LogP contribution in [-0.2, 0) is 0 Å². The van der Waals surface area contributed by atoms with Crippen molar-refractivity contribution in [2.75, 3.05) is 5.32 Å². The quantitative estimate of drug-likeness (QED) is 0.659. The summed E-state index contributed by atoms with van der Waals surface area (Å²) in [6.45, 7) is 1.78. The highest BCUT2D eigenvalue weighted by Crippen LogP contribution is 2.35. The topological polar surface area (TPSA) is 55.1 Å². The summed E-state index contributed by atoms with van der Waals surface area (Å²) in [7, 11) is 0. The van der Waals surface area contributed by atoms with Crippen LogP contribution >= 0.6 is 39.1 Å². The number of hydrogen-bond acceptors (Lipinski definition) is 4. The molecule has 0 bridgehead atoms. The van der Waals surface area contributed by atoms with Gasteiger partial charge in [-0.05, 0) is 35.0 Å². The molecule has 3 rings (SSSR count). The molecule has 9 heteroatoms. The summed E-state index contributed by atoms with van der Waals surface area (Å²) in [5.41, 5.74) is 1.17.